The lowest BCUT2D eigenvalue weighted by Gasteiger charge is -2.12. The number of carbonyl (C=O) groups excluding carboxylic acids is 1. The summed E-state index contributed by atoms with van der Waals surface area (Å²) >= 11 is 0. The van der Waals surface area contributed by atoms with Gasteiger partial charge in [-0.25, -0.2) is 14.2 Å². The number of nitrogens with one attached hydrogen (secondary N) is 1. The molecular weight excluding hydrogens is 441 g/mol. The molecular formula is C24H22FN5O4. The van der Waals surface area contributed by atoms with Gasteiger partial charge in [-0.05, 0) is 42.5 Å². The number of hydrogen-bond acceptors (Lipinski definition) is 5. The highest BCUT2D eigenvalue weighted by Gasteiger charge is 2.15. The smallest absolute Gasteiger partial charge is 0.352 e. The number of carboxylic acids is 1. The van der Waals surface area contributed by atoms with Crippen molar-refractivity contribution in [1.29, 1.82) is 0 Å². The van der Waals surface area contributed by atoms with E-state index in [2.05, 4.69) is 15.3 Å². The Morgan fingerprint density at radius 1 is 1.18 bits per heavy atom. The molecule has 0 saturated heterocycles. The molecule has 0 atom stereocenters. The van der Waals surface area contributed by atoms with E-state index in [4.69, 9.17) is 4.74 Å². The first-order chi connectivity index (χ1) is 16.4. The Morgan fingerprint density at radius 3 is 2.74 bits per heavy atom. The lowest BCUT2D eigenvalue weighted by Crippen LogP contribution is -2.29. The molecule has 4 rings (SSSR count). The molecule has 3 aromatic heterocycles. The lowest BCUT2D eigenvalue weighted by molar-refractivity contribution is 0.0684. The Bertz CT molecular complexity index is 1460. The maximum absolute atomic E-state index is 13.8. The number of pyridine rings is 2. The van der Waals surface area contributed by atoms with Crippen LogP contribution in [0.1, 0.15) is 20.8 Å². The highest BCUT2D eigenvalue weighted by Crippen LogP contribution is 2.31. The number of carbonyl (C=O) groups is 2. The fourth-order valence-corrected chi connectivity index (χ4v) is 3.63. The van der Waals surface area contributed by atoms with Crippen molar-refractivity contribution in [3.8, 4) is 17.0 Å². The van der Waals surface area contributed by atoms with Crippen LogP contribution in [0, 0.1) is 5.82 Å². The summed E-state index contributed by atoms with van der Waals surface area (Å²) in [5.41, 5.74) is 2.14. The second kappa shape index (κ2) is 9.57. The third-order valence-electron chi connectivity index (χ3n) is 5.35. The van der Waals surface area contributed by atoms with Crippen LogP contribution in [-0.2, 0) is 6.54 Å². The van der Waals surface area contributed by atoms with Gasteiger partial charge in [-0.1, -0.05) is 0 Å². The number of fused-ring (bicyclic) bond motifs is 1. The molecule has 0 fully saturated rings. The van der Waals surface area contributed by atoms with Crippen molar-refractivity contribution in [3.63, 3.8) is 0 Å². The monoisotopic (exact) mass is 463 g/mol. The normalized spacial score (nSPS) is 11.6. The van der Waals surface area contributed by atoms with Crippen LogP contribution in [-0.4, -0.2) is 51.6 Å². The minimum atomic E-state index is -1.08. The van der Waals surface area contributed by atoms with Crippen LogP contribution in [0.5, 0.6) is 5.75 Å². The van der Waals surface area contributed by atoms with Crippen molar-refractivity contribution in [2.75, 3.05) is 20.7 Å². The predicted molar refractivity (Wildman–Crippen MR) is 122 cm³/mol. The average molecular weight is 463 g/mol. The fourth-order valence-electron chi connectivity index (χ4n) is 3.63. The number of ether oxygens (including phenoxy) is 1. The number of amides is 1. The molecule has 0 aliphatic carbocycles. The zero-order valence-electron chi connectivity index (χ0n) is 18.5. The molecule has 0 spiro atoms. The molecule has 0 saturated carbocycles. The van der Waals surface area contributed by atoms with Gasteiger partial charge in [0.1, 0.15) is 22.9 Å². The largest absolute Gasteiger partial charge is 0.496 e. The first-order valence-electron chi connectivity index (χ1n) is 10.4. The van der Waals surface area contributed by atoms with Crippen molar-refractivity contribution < 1.29 is 23.8 Å². The van der Waals surface area contributed by atoms with Gasteiger partial charge in [-0.2, -0.15) is 0 Å². The summed E-state index contributed by atoms with van der Waals surface area (Å²) in [6.45, 7) is 0.490. The fraction of sp³-hybridized carbons (Fsp3) is 0.167. The van der Waals surface area contributed by atoms with Gasteiger partial charge in [0, 0.05) is 43.7 Å². The minimum absolute atomic E-state index is 0.0801. The van der Waals surface area contributed by atoms with Gasteiger partial charge in [0.15, 0.2) is 0 Å². The molecule has 9 nitrogen and oxygen atoms in total. The van der Waals surface area contributed by atoms with Crippen molar-refractivity contribution in [3.05, 3.63) is 83.5 Å². The van der Waals surface area contributed by atoms with E-state index in [1.807, 2.05) is 0 Å². The number of benzene rings is 1. The van der Waals surface area contributed by atoms with Crippen LogP contribution in [0.2, 0.25) is 0 Å². The Labute approximate surface area is 193 Å². The van der Waals surface area contributed by atoms with Crippen LogP contribution in [0.4, 0.5) is 4.39 Å². The molecule has 0 unspecified atom stereocenters. The highest BCUT2D eigenvalue weighted by molar-refractivity contribution is 5.95. The predicted octanol–water partition coefficient (Wildman–Crippen LogP) is 2.61. The maximum atomic E-state index is 13.8. The summed E-state index contributed by atoms with van der Waals surface area (Å²) < 4.78 is 22.4. The second-order valence-electron chi connectivity index (χ2n) is 7.38. The molecule has 34 heavy (non-hydrogen) atoms. The third kappa shape index (κ3) is 4.51. The Kier molecular flexibility index (Phi) is 6.39. The van der Waals surface area contributed by atoms with Gasteiger partial charge in [0.2, 0.25) is 0 Å². The number of aromatic carboxylic acids is 1. The van der Waals surface area contributed by atoms with Gasteiger partial charge in [-0.15, -0.1) is 0 Å². The van der Waals surface area contributed by atoms with E-state index in [0.29, 0.717) is 33.6 Å². The molecule has 4 aromatic rings. The molecule has 3 heterocycles. The summed E-state index contributed by atoms with van der Waals surface area (Å²) in [5, 5.41) is 12.8. The number of aromatic nitrogens is 3. The molecule has 0 bridgehead atoms. The molecule has 0 aliphatic heterocycles. The molecule has 2 N–H and O–H groups in total. The van der Waals surface area contributed by atoms with Crippen LogP contribution >= 0.6 is 0 Å². The van der Waals surface area contributed by atoms with Crippen molar-refractivity contribution in [2.45, 2.75) is 6.54 Å². The molecule has 1 aromatic carbocycles. The van der Waals surface area contributed by atoms with Crippen LogP contribution in [0.15, 0.2) is 66.0 Å². The molecule has 0 radical (unpaired) electrons. The highest BCUT2D eigenvalue weighted by atomic mass is 19.1. The molecule has 10 heteroatoms. The number of carboxylic acid groups (broad SMARTS) is 1. The van der Waals surface area contributed by atoms with E-state index in [9.17, 15) is 19.1 Å². The summed E-state index contributed by atoms with van der Waals surface area (Å²) in [5.74, 6) is -1.30. The van der Waals surface area contributed by atoms with Gasteiger partial charge in [-0.3, -0.25) is 14.2 Å². The van der Waals surface area contributed by atoms with Crippen molar-refractivity contribution in [1.82, 2.24) is 19.3 Å². The molecule has 0 aliphatic rings. The number of methoxy groups -OCH3 is 1. The standard InChI is InChI=1S/C24H22FN5O4/c1-26-17-6-8-29(19(13-17)24(32)33)10-7-27-23(31)15-5-9-30-20(14-28-22(30)11-15)18-12-16(25)3-4-21(18)34-2/h3-6,8-9,11-14H,7,10H2,1-2H3,(H,27,31)(H,32,33). The number of halogens is 1. The van der Waals surface area contributed by atoms with Crippen LogP contribution < -0.4 is 15.4 Å². The van der Waals surface area contributed by atoms with Crippen LogP contribution in [0.25, 0.3) is 16.9 Å². The van der Waals surface area contributed by atoms with Gasteiger partial charge >= 0.3 is 5.97 Å². The number of rotatable bonds is 7. The van der Waals surface area contributed by atoms with E-state index < -0.39 is 11.8 Å². The third-order valence-corrected chi connectivity index (χ3v) is 5.35. The number of nitrogens with zero attached hydrogens (tertiary/aromatic N) is 4. The van der Waals surface area contributed by atoms with Crippen molar-refractivity contribution in [2.24, 2.45) is 4.99 Å². The Morgan fingerprint density at radius 2 is 2.00 bits per heavy atom. The van der Waals surface area contributed by atoms with E-state index in [0.717, 1.165) is 0 Å². The summed E-state index contributed by atoms with van der Waals surface area (Å²) in [7, 11) is 3.09. The van der Waals surface area contributed by atoms with Gasteiger partial charge < -0.3 is 19.7 Å². The second-order valence-corrected chi connectivity index (χ2v) is 7.38. The Hall–Kier alpha value is -4.47. The van der Waals surface area contributed by atoms with Gasteiger partial charge in [0.25, 0.3) is 5.91 Å². The quantitative estimate of drug-likeness (QED) is 0.438. The lowest BCUT2D eigenvalue weighted by atomic mass is 10.1. The summed E-state index contributed by atoms with van der Waals surface area (Å²) in [6.07, 6.45) is 4.89. The van der Waals surface area contributed by atoms with E-state index in [1.54, 1.807) is 54.3 Å². The minimum Gasteiger partial charge on any atom is -0.496 e. The Balaban J connectivity index is 1.51. The zero-order chi connectivity index (χ0) is 24.2. The van der Waals surface area contributed by atoms with Gasteiger partial charge in [0.05, 0.1) is 24.4 Å². The van der Waals surface area contributed by atoms with E-state index >= 15 is 0 Å². The van der Waals surface area contributed by atoms with E-state index in [1.165, 1.54) is 29.9 Å². The number of imidazole rings is 1. The molecule has 174 valence electrons. The van der Waals surface area contributed by atoms with Crippen molar-refractivity contribution >= 4 is 17.5 Å². The zero-order valence-corrected chi connectivity index (χ0v) is 18.5. The number of hydrogen-bond donors (Lipinski definition) is 2. The maximum Gasteiger partial charge on any atom is 0.352 e. The first-order valence-corrected chi connectivity index (χ1v) is 10.4. The van der Waals surface area contributed by atoms with E-state index in [-0.39, 0.29) is 24.7 Å². The molecule has 1 amide bonds. The van der Waals surface area contributed by atoms with Crippen LogP contribution in [0.3, 0.4) is 0 Å². The first kappa shape index (κ1) is 22.7. The SMILES string of the molecule is CN=c1ccn(CCNC(=O)c2ccn3c(-c4cc(F)ccc4OC)cnc3c2)c(C(=O)O)c1. The average Bonchev–Trinajstić information content (AvgIpc) is 3.27. The summed E-state index contributed by atoms with van der Waals surface area (Å²) in [4.78, 5) is 32.5. The summed E-state index contributed by atoms with van der Waals surface area (Å²) in [6, 6.07) is 10.7. The topological polar surface area (TPSA) is 110 Å².